The molecule has 1 N–H and O–H groups in total. The number of nitrogens with zero attached hydrogens (tertiary/aromatic N) is 1. The molecule has 1 aromatic carbocycles. The van der Waals surface area contributed by atoms with Gasteiger partial charge in [0.05, 0.1) is 5.25 Å². The van der Waals surface area contributed by atoms with Gasteiger partial charge in [-0.2, -0.15) is 0 Å². The molecule has 1 aliphatic rings. The summed E-state index contributed by atoms with van der Waals surface area (Å²) in [6, 6.07) is 7.67. The highest BCUT2D eigenvalue weighted by Crippen LogP contribution is 2.26. The summed E-state index contributed by atoms with van der Waals surface area (Å²) in [6.45, 7) is 4.36. The van der Waals surface area contributed by atoms with Crippen LogP contribution in [0, 0.1) is 6.92 Å². The molecule has 0 spiro atoms. The first-order valence-corrected chi connectivity index (χ1v) is 8.14. The van der Waals surface area contributed by atoms with E-state index in [4.69, 9.17) is 12.2 Å². The van der Waals surface area contributed by atoms with E-state index in [1.807, 2.05) is 38.1 Å². The van der Waals surface area contributed by atoms with Gasteiger partial charge in [-0.3, -0.25) is 14.5 Å². The number of rotatable bonds is 5. The number of amides is 2. The van der Waals surface area contributed by atoms with Crippen LogP contribution in [0.15, 0.2) is 24.3 Å². The predicted molar refractivity (Wildman–Crippen MR) is 90.4 cm³/mol. The molecule has 0 saturated carbocycles. The summed E-state index contributed by atoms with van der Waals surface area (Å²) in [7, 11) is 0. The Hall–Kier alpha value is -1.40. The van der Waals surface area contributed by atoms with Crippen LogP contribution in [-0.2, 0) is 9.59 Å². The second-order valence-corrected chi connectivity index (χ2v) is 7.01. The maximum Gasteiger partial charge on any atom is 0.241 e. The molecular weight excluding hydrogens is 304 g/mol. The van der Waals surface area contributed by atoms with E-state index in [-0.39, 0.29) is 17.1 Å². The van der Waals surface area contributed by atoms with E-state index in [0.29, 0.717) is 23.7 Å². The number of carbonyl (C=O) groups excluding carboxylic acids is 2. The number of hydrogen-bond donors (Lipinski definition) is 1. The third kappa shape index (κ3) is 4.28. The number of benzene rings is 1. The van der Waals surface area contributed by atoms with Crippen molar-refractivity contribution in [2.75, 3.05) is 11.9 Å². The fraction of sp³-hybridized carbons (Fsp3) is 0.400. The van der Waals surface area contributed by atoms with Gasteiger partial charge in [0.1, 0.15) is 4.32 Å². The molecule has 112 valence electrons. The van der Waals surface area contributed by atoms with Crippen LogP contribution in [0.5, 0.6) is 0 Å². The molecule has 1 unspecified atom stereocenters. The fourth-order valence-corrected chi connectivity index (χ4v) is 3.49. The zero-order valence-corrected chi connectivity index (χ0v) is 13.7. The van der Waals surface area contributed by atoms with Gasteiger partial charge in [-0.25, -0.2) is 0 Å². The molecule has 2 amide bonds. The second kappa shape index (κ2) is 7.04. The lowest BCUT2D eigenvalue weighted by molar-refractivity contribution is -0.126. The van der Waals surface area contributed by atoms with Crippen LogP contribution < -0.4 is 5.32 Å². The molecule has 1 heterocycles. The van der Waals surface area contributed by atoms with Crippen molar-refractivity contribution in [3.05, 3.63) is 29.8 Å². The number of thioether (sulfide) groups is 1. The first-order valence-electron chi connectivity index (χ1n) is 6.86. The van der Waals surface area contributed by atoms with Crippen LogP contribution in [0.2, 0.25) is 0 Å². The standard InChI is InChI=1S/C15H18N2O2S2/c1-10-5-7-12(8-6-10)16-13(18)4-3-9-17-14(19)11(2)21-15(17)20/h5-8,11H,3-4,9H2,1-2H3,(H,16,18). The molecular formula is C15H18N2O2S2. The minimum absolute atomic E-state index is 0.0443. The zero-order valence-electron chi connectivity index (χ0n) is 12.1. The van der Waals surface area contributed by atoms with Crippen LogP contribution in [0.25, 0.3) is 0 Å². The monoisotopic (exact) mass is 322 g/mol. The largest absolute Gasteiger partial charge is 0.326 e. The summed E-state index contributed by atoms with van der Waals surface area (Å²) in [4.78, 5) is 25.3. The molecule has 0 aromatic heterocycles. The molecule has 2 rings (SSSR count). The molecule has 0 radical (unpaired) electrons. The van der Waals surface area contributed by atoms with Crippen LogP contribution in [0.3, 0.4) is 0 Å². The Morgan fingerprint density at radius 3 is 2.62 bits per heavy atom. The van der Waals surface area contributed by atoms with Crippen molar-refractivity contribution >= 4 is 45.8 Å². The van der Waals surface area contributed by atoms with Crippen molar-refractivity contribution in [1.82, 2.24) is 4.90 Å². The Balaban J connectivity index is 1.76. The average Bonchev–Trinajstić information content (AvgIpc) is 2.68. The molecule has 0 aliphatic carbocycles. The van der Waals surface area contributed by atoms with E-state index in [2.05, 4.69) is 5.32 Å². The molecule has 1 aromatic rings. The summed E-state index contributed by atoms with van der Waals surface area (Å²) < 4.78 is 0.617. The summed E-state index contributed by atoms with van der Waals surface area (Å²) in [6.07, 6.45) is 0.982. The zero-order chi connectivity index (χ0) is 15.4. The van der Waals surface area contributed by atoms with E-state index in [0.717, 1.165) is 11.3 Å². The maximum atomic E-state index is 11.8. The molecule has 1 fully saturated rings. The van der Waals surface area contributed by atoms with E-state index in [1.165, 1.54) is 11.8 Å². The van der Waals surface area contributed by atoms with E-state index >= 15 is 0 Å². The van der Waals surface area contributed by atoms with Gasteiger partial charge in [0.25, 0.3) is 0 Å². The molecule has 1 aliphatic heterocycles. The topological polar surface area (TPSA) is 49.4 Å². The smallest absolute Gasteiger partial charge is 0.241 e. The first-order chi connectivity index (χ1) is 9.97. The van der Waals surface area contributed by atoms with E-state index < -0.39 is 0 Å². The van der Waals surface area contributed by atoms with Crippen LogP contribution >= 0.6 is 24.0 Å². The second-order valence-electron chi connectivity index (χ2n) is 5.03. The number of hydrogen-bond acceptors (Lipinski definition) is 4. The van der Waals surface area contributed by atoms with Gasteiger partial charge in [-0.05, 0) is 32.4 Å². The van der Waals surface area contributed by atoms with Gasteiger partial charge in [-0.1, -0.05) is 41.7 Å². The quantitative estimate of drug-likeness (QED) is 0.847. The lowest BCUT2D eigenvalue weighted by Crippen LogP contribution is -2.32. The molecule has 0 bridgehead atoms. The first kappa shape index (κ1) is 16.0. The number of anilines is 1. The van der Waals surface area contributed by atoms with Gasteiger partial charge < -0.3 is 5.32 Å². The van der Waals surface area contributed by atoms with Gasteiger partial charge >= 0.3 is 0 Å². The minimum atomic E-state index is -0.0983. The van der Waals surface area contributed by atoms with Crippen molar-refractivity contribution in [2.24, 2.45) is 0 Å². The van der Waals surface area contributed by atoms with E-state index in [9.17, 15) is 9.59 Å². The highest BCUT2D eigenvalue weighted by Gasteiger charge is 2.33. The SMILES string of the molecule is Cc1ccc(NC(=O)CCCN2C(=O)C(C)SC2=S)cc1. The van der Waals surface area contributed by atoms with E-state index in [1.54, 1.807) is 4.90 Å². The minimum Gasteiger partial charge on any atom is -0.326 e. The van der Waals surface area contributed by atoms with Gasteiger partial charge in [0, 0.05) is 18.7 Å². The van der Waals surface area contributed by atoms with Gasteiger partial charge in [0.2, 0.25) is 11.8 Å². The number of nitrogens with one attached hydrogen (secondary N) is 1. The number of aryl methyl sites for hydroxylation is 1. The Labute approximate surface area is 134 Å². The molecule has 4 nitrogen and oxygen atoms in total. The summed E-state index contributed by atoms with van der Waals surface area (Å²) >= 11 is 6.56. The maximum absolute atomic E-state index is 11.8. The third-order valence-corrected chi connectivity index (χ3v) is 4.72. The molecule has 21 heavy (non-hydrogen) atoms. The molecule has 1 saturated heterocycles. The van der Waals surface area contributed by atoms with Gasteiger partial charge in [-0.15, -0.1) is 0 Å². The van der Waals surface area contributed by atoms with Crippen LogP contribution in [0.1, 0.15) is 25.3 Å². The van der Waals surface area contributed by atoms with Crippen LogP contribution in [-0.4, -0.2) is 32.8 Å². The number of carbonyl (C=O) groups is 2. The molecule has 1 atom stereocenters. The number of thiocarbonyl (C=S) groups is 1. The van der Waals surface area contributed by atoms with Crippen molar-refractivity contribution in [3.8, 4) is 0 Å². The predicted octanol–water partition coefficient (Wildman–Crippen LogP) is 2.96. The Bertz CT molecular complexity index is 557. The Kier molecular flexibility index (Phi) is 5.36. The average molecular weight is 322 g/mol. The van der Waals surface area contributed by atoms with Crippen molar-refractivity contribution in [2.45, 2.75) is 31.9 Å². The highest BCUT2D eigenvalue weighted by atomic mass is 32.2. The lowest BCUT2D eigenvalue weighted by atomic mass is 10.2. The van der Waals surface area contributed by atoms with Crippen LogP contribution in [0.4, 0.5) is 5.69 Å². The lowest BCUT2D eigenvalue weighted by Gasteiger charge is -2.14. The van der Waals surface area contributed by atoms with Crippen molar-refractivity contribution in [1.29, 1.82) is 0 Å². The third-order valence-electron chi connectivity index (χ3n) is 3.23. The van der Waals surface area contributed by atoms with Gasteiger partial charge in [0.15, 0.2) is 0 Å². The van der Waals surface area contributed by atoms with Crippen molar-refractivity contribution in [3.63, 3.8) is 0 Å². The normalized spacial score (nSPS) is 18.2. The fourth-order valence-electron chi connectivity index (χ4n) is 2.03. The Morgan fingerprint density at radius 1 is 1.38 bits per heavy atom. The Morgan fingerprint density at radius 2 is 2.05 bits per heavy atom. The summed E-state index contributed by atoms with van der Waals surface area (Å²) in [5.41, 5.74) is 1.95. The van der Waals surface area contributed by atoms with Crippen molar-refractivity contribution < 1.29 is 9.59 Å². The summed E-state index contributed by atoms with van der Waals surface area (Å²) in [5.74, 6) is 0.000983. The summed E-state index contributed by atoms with van der Waals surface area (Å²) in [5, 5.41) is 2.75. The molecule has 6 heteroatoms. The highest BCUT2D eigenvalue weighted by molar-refractivity contribution is 8.24.